The van der Waals surface area contributed by atoms with Gasteiger partial charge in [-0.25, -0.2) is 0 Å². The van der Waals surface area contributed by atoms with Crippen molar-refractivity contribution in [3.63, 3.8) is 0 Å². The maximum Gasteiger partial charge on any atom is 0.107 e. The molecule has 0 fully saturated rings. The molecular formula is C24H29ClN2O2. The van der Waals surface area contributed by atoms with Crippen molar-refractivity contribution in [3.8, 4) is 11.1 Å². The smallest absolute Gasteiger partial charge is 0.107 e. The zero-order chi connectivity index (χ0) is 21.2. The molecule has 154 valence electrons. The van der Waals surface area contributed by atoms with E-state index in [1.54, 1.807) is 0 Å². The van der Waals surface area contributed by atoms with E-state index in [1.165, 1.54) is 0 Å². The maximum atomic E-state index is 10.2. The fourth-order valence-electron chi connectivity index (χ4n) is 3.70. The van der Waals surface area contributed by atoms with Crippen LogP contribution in [0.3, 0.4) is 0 Å². The van der Waals surface area contributed by atoms with Crippen LogP contribution in [0.2, 0.25) is 5.02 Å². The largest absolute Gasteiger partial charge is 0.393 e. The summed E-state index contributed by atoms with van der Waals surface area (Å²) in [5, 5.41) is 15.1. The summed E-state index contributed by atoms with van der Waals surface area (Å²) in [6, 6.07) is 14.0. The van der Waals surface area contributed by atoms with Crippen molar-refractivity contribution in [2.75, 3.05) is 13.7 Å². The second-order valence-electron chi connectivity index (χ2n) is 8.29. The highest BCUT2D eigenvalue weighted by atomic mass is 35.5. The first kappa shape index (κ1) is 21.7. The number of hydrogen-bond acceptors (Lipinski definition) is 4. The van der Waals surface area contributed by atoms with Gasteiger partial charge in [0.2, 0.25) is 0 Å². The lowest BCUT2D eigenvalue weighted by Gasteiger charge is -2.30. The summed E-state index contributed by atoms with van der Waals surface area (Å²) in [5.41, 5.74) is 5.61. The number of nitrogens with one attached hydrogen (secondary N) is 1. The first-order valence-corrected chi connectivity index (χ1v) is 10.2. The van der Waals surface area contributed by atoms with Crippen molar-refractivity contribution in [2.24, 2.45) is 0 Å². The Morgan fingerprint density at radius 1 is 1.14 bits per heavy atom. The molecule has 3 rings (SSSR count). The minimum Gasteiger partial charge on any atom is -0.393 e. The Kier molecular flexibility index (Phi) is 6.59. The highest BCUT2D eigenvalue weighted by Gasteiger charge is 2.26. The van der Waals surface area contributed by atoms with Gasteiger partial charge in [-0.1, -0.05) is 29.8 Å². The van der Waals surface area contributed by atoms with Gasteiger partial charge < -0.3 is 15.2 Å². The third-order valence-corrected chi connectivity index (χ3v) is 5.03. The Bertz CT molecular complexity index is 994. The summed E-state index contributed by atoms with van der Waals surface area (Å²) in [6.07, 6.45) is -0.443. The van der Waals surface area contributed by atoms with Crippen LogP contribution in [0.15, 0.2) is 42.5 Å². The SMILES string of the molecule is CNCc1ccc2c(-c3ccc(Cl)cc3)c([C@@H](CO)OC(C)(C)C)c(C)cc2n1. The topological polar surface area (TPSA) is 54.4 Å². The third kappa shape index (κ3) is 4.96. The van der Waals surface area contributed by atoms with Crippen molar-refractivity contribution in [2.45, 2.75) is 45.9 Å². The van der Waals surface area contributed by atoms with Crippen molar-refractivity contribution in [3.05, 3.63) is 64.3 Å². The molecule has 0 radical (unpaired) electrons. The molecule has 1 aromatic heterocycles. The monoisotopic (exact) mass is 412 g/mol. The van der Waals surface area contributed by atoms with Crippen LogP contribution in [0.25, 0.3) is 22.0 Å². The Morgan fingerprint density at radius 3 is 2.41 bits per heavy atom. The summed E-state index contributed by atoms with van der Waals surface area (Å²) >= 11 is 6.14. The summed E-state index contributed by atoms with van der Waals surface area (Å²) in [4.78, 5) is 4.84. The van der Waals surface area contributed by atoms with Crippen LogP contribution in [-0.2, 0) is 11.3 Å². The van der Waals surface area contributed by atoms with E-state index in [9.17, 15) is 5.11 Å². The van der Waals surface area contributed by atoms with E-state index in [-0.39, 0.29) is 12.2 Å². The van der Waals surface area contributed by atoms with E-state index in [1.807, 2.05) is 58.2 Å². The van der Waals surface area contributed by atoms with Gasteiger partial charge in [0.25, 0.3) is 0 Å². The van der Waals surface area contributed by atoms with E-state index >= 15 is 0 Å². The van der Waals surface area contributed by atoms with Crippen LogP contribution in [0, 0.1) is 6.92 Å². The number of aliphatic hydroxyl groups is 1. The molecular weight excluding hydrogens is 384 g/mol. The van der Waals surface area contributed by atoms with E-state index in [0.29, 0.717) is 11.6 Å². The number of nitrogens with zero attached hydrogens (tertiary/aromatic N) is 1. The van der Waals surface area contributed by atoms with Crippen molar-refractivity contribution < 1.29 is 9.84 Å². The zero-order valence-electron chi connectivity index (χ0n) is 17.7. The summed E-state index contributed by atoms with van der Waals surface area (Å²) in [5.74, 6) is 0. The number of pyridine rings is 1. The molecule has 0 amide bonds. The van der Waals surface area contributed by atoms with Gasteiger partial charge in [0.15, 0.2) is 0 Å². The quantitative estimate of drug-likeness (QED) is 0.566. The van der Waals surface area contributed by atoms with Crippen LogP contribution in [0.5, 0.6) is 0 Å². The molecule has 29 heavy (non-hydrogen) atoms. The van der Waals surface area contributed by atoms with Crippen LogP contribution >= 0.6 is 11.6 Å². The van der Waals surface area contributed by atoms with Crippen molar-refractivity contribution >= 4 is 22.5 Å². The van der Waals surface area contributed by atoms with Gasteiger partial charge in [-0.3, -0.25) is 4.98 Å². The van der Waals surface area contributed by atoms with Gasteiger partial charge in [0.1, 0.15) is 6.10 Å². The highest BCUT2D eigenvalue weighted by molar-refractivity contribution is 6.30. The van der Waals surface area contributed by atoms with E-state index in [0.717, 1.165) is 38.9 Å². The van der Waals surface area contributed by atoms with Gasteiger partial charge in [0, 0.05) is 17.0 Å². The fourth-order valence-corrected chi connectivity index (χ4v) is 3.83. The van der Waals surface area contributed by atoms with Crippen molar-refractivity contribution in [1.82, 2.24) is 10.3 Å². The number of hydrogen-bond donors (Lipinski definition) is 2. The average molecular weight is 413 g/mol. The lowest BCUT2D eigenvalue weighted by Crippen LogP contribution is -2.25. The molecule has 0 spiro atoms. The van der Waals surface area contributed by atoms with Crippen LogP contribution in [-0.4, -0.2) is 29.3 Å². The van der Waals surface area contributed by atoms with E-state index in [2.05, 4.69) is 24.4 Å². The van der Waals surface area contributed by atoms with Crippen molar-refractivity contribution in [1.29, 1.82) is 0 Å². The Labute approximate surface area is 177 Å². The molecule has 0 saturated carbocycles. The number of fused-ring (bicyclic) bond motifs is 1. The van der Waals surface area contributed by atoms with Gasteiger partial charge in [-0.05, 0) is 81.3 Å². The molecule has 2 aromatic carbocycles. The first-order valence-electron chi connectivity index (χ1n) is 9.86. The van der Waals surface area contributed by atoms with Gasteiger partial charge in [-0.2, -0.15) is 0 Å². The van der Waals surface area contributed by atoms with E-state index < -0.39 is 6.10 Å². The molecule has 0 aliphatic heterocycles. The molecule has 4 nitrogen and oxygen atoms in total. The van der Waals surface area contributed by atoms with Crippen LogP contribution in [0.4, 0.5) is 0 Å². The predicted molar refractivity (Wildman–Crippen MR) is 120 cm³/mol. The molecule has 0 unspecified atom stereocenters. The number of rotatable bonds is 6. The van der Waals surface area contributed by atoms with Crippen LogP contribution < -0.4 is 5.32 Å². The molecule has 1 heterocycles. The average Bonchev–Trinajstić information content (AvgIpc) is 2.65. The first-order chi connectivity index (χ1) is 13.7. The predicted octanol–water partition coefficient (Wildman–Crippen LogP) is 5.43. The number of aryl methyl sites for hydroxylation is 1. The van der Waals surface area contributed by atoms with Gasteiger partial charge in [0.05, 0.1) is 23.4 Å². The molecule has 0 saturated heterocycles. The Balaban J connectivity index is 2.31. The fraction of sp³-hybridized carbons (Fsp3) is 0.375. The summed E-state index contributed by atoms with van der Waals surface area (Å²) in [7, 11) is 1.91. The van der Waals surface area contributed by atoms with Crippen LogP contribution in [0.1, 0.15) is 43.7 Å². The molecule has 5 heteroatoms. The molecule has 0 aliphatic rings. The third-order valence-electron chi connectivity index (χ3n) is 4.77. The number of aliphatic hydroxyl groups excluding tert-OH is 1. The summed E-state index contributed by atoms with van der Waals surface area (Å²) < 4.78 is 6.24. The zero-order valence-corrected chi connectivity index (χ0v) is 18.5. The lowest BCUT2D eigenvalue weighted by atomic mass is 9.88. The molecule has 1 atom stereocenters. The molecule has 0 bridgehead atoms. The molecule has 3 aromatic rings. The standard InChI is InChI=1S/C24H29ClN2O2/c1-15-12-20-19(11-10-18(27-20)13-26-5)23(16-6-8-17(25)9-7-16)22(15)21(14-28)29-24(2,3)4/h6-12,21,26,28H,13-14H2,1-5H3/t21-/m1/s1. The second kappa shape index (κ2) is 8.80. The maximum absolute atomic E-state index is 10.2. The highest BCUT2D eigenvalue weighted by Crippen LogP contribution is 2.40. The molecule has 2 N–H and O–H groups in total. The number of halogens is 1. The summed E-state index contributed by atoms with van der Waals surface area (Å²) in [6.45, 7) is 8.66. The molecule has 0 aliphatic carbocycles. The second-order valence-corrected chi connectivity index (χ2v) is 8.73. The number of aromatic nitrogens is 1. The minimum absolute atomic E-state index is 0.102. The number of ether oxygens (including phenoxy) is 1. The van der Waals surface area contributed by atoms with Gasteiger partial charge >= 0.3 is 0 Å². The number of benzene rings is 2. The lowest BCUT2D eigenvalue weighted by molar-refractivity contribution is -0.0821. The normalized spacial score (nSPS) is 13.1. The Morgan fingerprint density at radius 2 is 1.83 bits per heavy atom. The minimum atomic E-state index is -0.443. The van der Waals surface area contributed by atoms with E-state index in [4.69, 9.17) is 21.3 Å². The Hall–Kier alpha value is -1.98. The van der Waals surface area contributed by atoms with Gasteiger partial charge in [-0.15, -0.1) is 0 Å².